The van der Waals surface area contributed by atoms with Crippen LogP contribution in [-0.4, -0.2) is 24.5 Å². The van der Waals surface area contributed by atoms with E-state index in [-0.39, 0.29) is 5.91 Å². The Morgan fingerprint density at radius 3 is 2.29 bits per heavy atom. The number of aryl methyl sites for hydroxylation is 1. The molecule has 1 saturated carbocycles. The van der Waals surface area contributed by atoms with Gasteiger partial charge >= 0.3 is 0 Å². The molecule has 5 nitrogen and oxygen atoms in total. The second-order valence-electron chi connectivity index (χ2n) is 6.61. The van der Waals surface area contributed by atoms with Crippen LogP contribution in [0.3, 0.4) is 0 Å². The summed E-state index contributed by atoms with van der Waals surface area (Å²) in [7, 11) is 1.64. The van der Waals surface area contributed by atoms with Crippen molar-refractivity contribution in [1.82, 2.24) is 5.32 Å². The number of nitrogens with one attached hydrogen (secondary N) is 1. The molecule has 2 amide bonds. The highest BCUT2D eigenvalue weighted by Gasteiger charge is 2.37. The van der Waals surface area contributed by atoms with Gasteiger partial charge in [0, 0.05) is 6.42 Å². The highest BCUT2D eigenvalue weighted by molar-refractivity contribution is 5.90. The maximum Gasteiger partial charge on any atom is 0.243 e. The van der Waals surface area contributed by atoms with Crippen LogP contribution < -0.4 is 15.8 Å². The Bertz CT molecular complexity index is 546. The van der Waals surface area contributed by atoms with E-state index in [2.05, 4.69) is 5.32 Å². The number of hydrogen-bond donors (Lipinski definition) is 2. The van der Waals surface area contributed by atoms with Gasteiger partial charge in [-0.15, -0.1) is 0 Å². The molecule has 2 rings (SSSR count). The van der Waals surface area contributed by atoms with Gasteiger partial charge in [-0.05, 0) is 43.4 Å². The fourth-order valence-corrected chi connectivity index (χ4v) is 3.34. The van der Waals surface area contributed by atoms with E-state index in [1.54, 1.807) is 7.11 Å². The summed E-state index contributed by atoms with van der Waals surface area (Å²) in [6.45, 7) is 0. The maximum absolute atomic E-state index is 12.3. The van der Waals surface area contributed by atoms with Crippen molar-refractivity contribution in [2.24, 2.45) is 5.73 Å². The molecule has 3 N–H and O–H groups in total. The molecule has 1 aromatic carbocycles. The van der Waals surface area contributed by atoms with Crippen LogP contribution in [0.4, 0.5) is 0 Å². The number of methoxy groups -OCH3 is 1. The molecule has 0 aliphatic heterocycles. The van der Waals surface area contributed by atoms with Gasteiger partial charge in [-0.3, -0.25) is 9.59 Å². The molecule has 0 heterocycles. The Labute approximate surface area is 143 Å². The number of ether oxygens (including phenoxy) is 1. The predicted molar refractivity (Wildman–Crippen MR) is 93.7 cm³/mol. The molecule has 0 bridgehead atoms. The Kier molecular flexibility index (Phi) is 6.64. The Hall–Kier alpha value is -2.04. The second kappa shape index (κ2) is 8.71. The molecule has 0 aromatic heterocycles. The van der Waals surface area contributed by atoms with E-state index in [1.165, 1.54) is 5.56 Å². The molecule has 0 radical (unpaired) electrons. The van der Waals surface area contributed by atoms with Gasteiger partial charge in [0.05, 0.1) is 7.11 Å². The van der Waals surface area contributed by atoms with Crippen molar-refractivity contribution < 1.29 is 14.3 Å². The lowest BCUT2D eigenvalue weighted by atomic mass is 9.89. The third-order valence-electron chi connectivity index (χ3n) is 4.84. The lowest BCUT2D eigenvalue weighted by molar-refractivity contribution is -0.132. The summed E-state index contributed by atoms with van der Waals surface area (Å²) in [5.41, 5.74) is 5.93. The van der Waals surface area contributed by atoms with Crippen LogP contribution in [0.2, 0.25) is 0 Å². The van der Waals surface area contributed by atoms with Crippen molar-refractivity contribution in [3.05, 3.63) is 29.8 Å². The Balaban J connectivity index is 1.83. The molecule has 0 saturated heterocycles. The summed E-state index contributed by atoms with van der Waals surface area (Å²) in [6.07, 6.45) is 7.36. The number of hydrogen-bond acceptors (Lipinski definition) is 3. The average Bonchev–Trinajstić information content (AvgIpc) is 2.82. The predicted octanol–water partition coefficient (Wildman–Crippen LogP) is 2.71. The summed E-state index contributed by atoms with van der Waals surface area (Å²) in [5, 5.41) is 2.94. The summed E-state index contributed by atoms with van der Waals surface area (Å²) < 4.78 is 5.13. The lowest BCUT2D eigenvalue weighted by Gasteiger charge is -2.30. The summed E-state index contributed by atoms with van der Waals surface area (Å²) >= 11 is 0. The van der Waals surface area contributed by atoms with Crippen LogP contribution in [0, 0.1) is 0 Å². The number of nitrogens with two attached hydrogens (primary N) is 1. The Morgan fingerprint density at radius 2 is 1.75 bits per heavy atom. The van der Waals surface area contributed by atoms with Gasteiger partial charge in [0.1, 0.15) is 11.3 Å². The number of carbonyl (C=O) groups excluding carboxylic acids is 2. The van der Waals surface area contributed by atoms with Crippen molar-refractivity contribution in [1.29, 1.82) is 0 Å². The largest absolute Gasteiger partial charge is 0.497 e. The monoisotopic (exact) mass is 332 g/mol. The molecule has 5 heteroatoms. The first-order valence-electron chi connectivity index (χ1n) is 8.79. The smallest absolute Gasteiger partial charge is 0.243 e. The van der Waals surface area contributed by atoms with E-state index < -0.39 is 11.4 Å². The molecule has 1 aliphatic carbocycles. The fourth-order valence-electron chi connectivity index (χ4n) is 3.34. The maximum atomic E-state index is 12.3. The zero-order chi connectivity index (χ0) is 17.4. The number of primary amides is 1. The van der Waals surface area contributed by atoms with E-state index in [9.17, 15) is 9.59 Å². The molecule has 132 valence electrons. The van der Waals surface area contributed by atoms with E-state index in [0.29, 0.717) is 19.3 Å². The van der Waals surface area contributed by atoms with Gasteiger partial charge < -0.3 is 15.8 Å². The topological polar surface area (TPSA) is 81.4 Å². The highest BCUT2D eigenvalue weighted by Crippen LogP contribution is 2.27. The molecule has 1 aromatic rings. The summed E-state index contributed by atoms with van der Waals surface area (Å²) in [4.78, 5) is 24.2. The first-order chi connectivity index (χ1) is 11.6. The molecule has 0 spiro atoms. The van der Waals surface area contributed by atoms with Gasteiger partial charge in [0.2, 0.25) is 11.8 Å². The van der Waals surface area contributed by atoms with Crippen LogP contribution in [0.1, 0.15) is 56.9 Å². The van der Waals surface area contributed by atoms with Gasteiger partial charge in [-0.2, -0.15) is 0 Å². The molecule has 1 aliphatic rings. The number of carbonyl (C=O) groups is 2. The minimum absolute atomic E-state index is 0.0794. The number of amides is 2. The third-order valence-corrected chi connectivity index (χ3v) is 4.84. The van der Waals surface area contributed by atoms with Gasteiger partial charge in [-0.25, -0.2) is 0 Å². The highest BCUT2D eigenvalue weighted by atomic mass is 16.5. The zero-order valence-corrected chi connectivity index (χ0v) is 14.5. The van der Waals surface area contributed by atoms with E-state index >= 15 is 0 Å². The van der Waals surface area contributed by atoms with Crippen LogP contribution in [0.5, 0.6) is 5.75 Å². The van der Waals surface area contributed by atoms with Crippen molar-refractivity contribution in [2.75, 3.05) is 7.11 Å². The molecule has 0 atom stereocenters. The Morgan fingerprint density at radius 1 is 1.12 bits per heavy atom. The van der Waals surface area contributed by atoms with Crippen molar-refractivity contribution in [3.63, 3.8) is 0 Å². The minimum Gasteiger partial charge on any atom is -0.497 e. The first kappa shape index (κ1) is 18.3. The second-order valence-corrected chi connectivity index (χ2v) is 6.61. The van der Waals surface area contributed by atoms with E-state index in [0.717, 1.165) is 44.3 Å². The van der Waals surface area contributed by atoms with Gasteiger partial charge in [-0.1, -0.05) is 37.8 Å². The van der Waals surface area contributed by atoms with E-state index in [4.69, 9.17) is 10.5 Å². The van der Waals surface area contributed by atoms with Crippen molar-refractivity contribution >= 4 is 11.8 Å². The number of benzene rings is 1. The van der Waals surface area contributed by atoms with Crippen LogP contribution in [0.25, 0.3) is 0 Å². The SMILES string of the molecule is COc1ccc(CCCC(=O)NC2(C(N)=O)CCCCCC2)cc1. The zero-order valence-electron chi connectivity index (χ0n) is 14.5. The first-order valence-corrected chi connectivity index (χ1v) is 8.79. The van der Waals surface area contributed by atoms with Crippen LogP contribution >= 0.6 is 0 Å². The quantitative estimate of drug-likeness (QED) is 0.753. The van der Waals surface area contributed by atoms with Crippen LogP contribution in [-0.2, 0) is 16.0 Å². The third kappa shape index (κ3) is 4.98. The molecule has 1 fully saturated rings. The average molecular weight is 332 g/mol. The molecular formula is C19H28N2O3. The van der Waals surface area contributed by atoms with E-state index in [1.807, 2.05) is 24.3 Å². The van der Waals surface area contributed by atoms with Crippen LogP contribution in [0.15, 0.2) is 24.3 Å². The fraction of sp³-hybridized carbons (Fsp3) is 0.579. The number of rotatable bonds is 7. The lowest BCUT2D eigenvalue weighted by Crippen LogP contribution is -2.57. The normalized spacial score (nSPS) is 16.9. The van der Waals surface area contributed by atoms with Gasteiger partial charge in [0.25, 0.3) is 0 Å². The standard InChI is InChI=1S/C19H28N2O3/c1-24-16-11-9-15(10-12-16)7-6-8-17(22)21-19(18(20)23)13-4-2-3-5-14-19/h9-12H,2-8,13-14H2,1H3,(H2,20,23)(H,21,22). The van der Waals surface area contributed by atoms with Gasteiger partial charge in [0.15, 0.2) is 0 Å². The molecule has 24 heavy (non-hydrogen) atoms. The molecule has 0 unspecified atom stereocenters. The summed E-state index contributed by atoms with van der Waals surface area (Å²) in [5.74, 6) is 0.352. The molecular weight excluding hydrogens is 304 g/mol. The summed E-state index contributed by atoms with van der Waals surface area (Å²) in [6, 6.07) is 7.85. The van der Waals surface area contributed by atoms with Crippen molar-refractivity contribution in [2.45, 2.75) is 63.3 Å². The minimum atomic E-state index is -0.840. The van der Waals surface area contributed by atoms with Crippen molar-refractivity contribution in [3.8, 4) is 5.75 Å².